The molecule has 0 aliphatic carbocycles. The van der Waals surface area contributed by atoms with E-state index >= 15 is 0 Å². The van der Waals surface area contributed by atoms with Crippen LogP contribution >= 0.6 is 43.5 Å². The highest BCUT2D eigenvalue weighted by Crippen LogP contribution is 2.41. The summed E-state index contributed by atoms with van der Waals surface area (Å²) >= 11 is 12.5. The van der Waals surface area contributed by atoms with Gasteiger partial charge in [0.2, 0.25) is 0 Å². The Morgan fingerprint density at radius 2 is 1.89 bits per heavy atom. The molecular formula is C19H10Br2ClF3N2O. The van der Waals surface area contributed by atoms with Crippen molar-refractivity contribution in [3.8, 4) is 22.9 Å². The maximum Gasteiger partial charge on any atom is 0.432 e. The van der Waals surface area contributed by atoms with Gasteiger partial charge in [0.1, 0.15) is 17.5 Å². The molecule has 0 spiro atoms. The van der Waals surface area contributed by atoms with E-state index in [9.17, 15) is 18.4 Å². The standard InChI is InChI=1S/C19H10Br2ClF3N2O/c20-13-4-5-16(15(21)7-13)28-10-27-9-12(8-26)17(18(27)19(23,24)25)11-2-1-3-14(22)6-11/h1-7,9H,10H2. The third-order valence-corrected chi connectivity index (χ3v) is 5.18. The number of nitrogens with zero attached hydrogens (tertiary/aromatic N) is 2. The summed E-state index contributed by atoms with van der Waals surface area (Å²) in [6.07, 6.45) is -3.57. The van der Waals surface area contributed by atoms with Gasteiger partial charge in [-0.1, -0.05) is 39.7 Å². The molecule has 0 bridgehead atoms. The Balaban J connectivity index is 2.08. The van der Waals surface area contributed by atoms with E-state index in [0.717, 1.165) is 15.2 Å². The van der Waals surface area contributed by atoms with Gasteiger partial charge in [-0.2, -0.15) is 18.4 Å². The van der Waals surface area contributed by atoms with Crippen molar-refractivity contribution in [1.29, 1.82) is 5.26 Å². The van der Waals surface area contributed by atoms with Gasteiger partial charge in [0, 0.05) is 21.3 Å². The van der Waals surface area contributed by atoms with Gasteiger partial charge in [-0.3, -0.25) is 0 Å². The maximum atomic E-state index is 13.9. The molecule has 0 unspecified atom stereocenters. The Morgan fingerprint density at radius 1 is 1.14 bits per heavy atom. The second-order valence-electron chi connectivity index (χ2n) is 5.70. The lowest BCUT2D eigenvalue weighted by molar-refractivity contribution is -0.144. The fraction of sp³-hybridized carbons (Fsp3) is 0.105. The van der Waals surface area contributed by atoms with Gasteiger partial charge in [-0.15, -0.1) is 0 Å². The van der Waals surface area contributed by atoms with Crippen LogP contribution in [0.2, 0.25) is 5.02 Å². The Hall–Kier alpha value is -1.95. The predicted octanol–water partition coefficient (Wildman–Crippen LogP) is 7.26. The van der Waals surface area contributed by atoms with E-state index in [1.807, 2.05) is 6.07 Å². The summed E-state index contributed by atoms with van der Waals surface area (Å²) in [5.74, 6) is 0.368. The molecule has 144 valence electrons. The molecule has 0 saturated heterocycles. The van der Waals surface area contributed by atoms with Crippen molar-refractivity contribution in [2.75, 3.05) is 0 Å². The van der Waals surface area contributed by atoms with E-state index in [0.29, 0.717) is 10.2 Å². The Labute approximate surface area is 180 Å². The molecule has 1 aromatic heterocycles. The number of alkyl halides is 3. The molecule has 0 radical (unpaired) electrons. The minimum Gasteiger partial charge on any atom is -0.472 e. The zero-order chi connectivity index (χ0) is 20.5. The summed E-state index contributed by atoms with van der Waals surface area (Å²) < 4.78 is 49.4. The molecule has 3 aromatic rings. The smallest absolute Gasteiger partial charge is 0.432 e. The normalized spacial score (nSPS) is 11.3. The minimum absolute atomic E-state index is 0.118. The molecule has 28 heavy (non-hydrogen) atoms. The monoisotopic (exact) mass is 532 g/mol. The summed E-state index contributed by atoms with van der Waals surface area (Å²) in [5, 5.41) is 9.67. The third-order valence-electron chi connectivity index (χ3n) is 3.83. The molecule has 3 nitrogen and oxygen atoms in total. The number of aromatic nitrogens is 1. The average Bonchev–Trinajstić information content (AvgIpc) is 3.00. The van der Waals surface area contributed by atoms with E-state index in [4.69, 9.17) is 16.3 Å². The molecule has 0 amide bonds. The van der Waals surface area contributed by atoms with Gasteiger partial charge >= 0.3 is 6.18 Å². The van der Waals surface area contributed by atoms with Crippen molar-refractivity contribution in [2.45, 2.75) is 12.9 Å². The summed E-state index contributed by atoms with van der Waals surface area (Å²) in [4.78, 5) is 0. The highest BCUT2D eigenvalue weighted by Gasteiger charge is 2.39. The van der Waals surface area contributed by atoms with Crippen LogP contribution in [0, 0.1) is 11.3 Å². The number of rotatable bonds is 4. The van der Waals surface area contributed by atoms with Gasteiger partial charge in [0.05, 0.1) is 10.0 Å². The molecule has 0 atom stereocenters. The van der Waals surface area contributed by atoms with Crippen LogP contribution in [0.25, 0.3) is 11.1 Å². The van der Waals surface area contributed by atoms with Crippen LogP contribution in [0.5, 0.6) is 5.75 Å². The fourth-order valence-corrected chi connectivity index (χ4v) is 4.07. The molecule has 1 heterocycles. The van der Waals surface area contributed by atoms with Crippen LogP contribution in [-0.2, 0) is 12.9 Å². The number of nitriles is 1. The molecular weight excluding hydrogens is 524 g/mol. The van der Waals surface area contributed by atoms with E-state index in [1.54, 1.807) is 24.3 Å². The van der Waals surface area contributed by atoms with E-state index < -0.39 is 18.6 Å². The van der Waals surface area contributed by atoms with Crippen molar-refractivity contribution < 1.29 is 17.9 Å². The quantitative estimate of drug-likeness (QED) is 0.353. The third kappa shape index (κ3) is 4.37. The highest BCUT2D eigenvalue weighted by atomic mass is 79.9. The van der Waals surface area contributed by atoms with Crippen molar-refractivity contribution >= 4 is 43.5 Å². The summed E-state index contributed by atoms with van der Waals surface area (Å²) in [7, 11) is 0. The van der Waals surface area contributed by atoms with E-state index in [2.05, 4.69) is 31.9 Å². The lowest BCUT2D eigenvalue weighted by Gasteiger charge is -2.16. The Bertz CT molecular complexity index is 1070. The molecule has 0 N–H and O–H groups in total. The van der Waals surface area contributed by atoms with Gasteiger partial charge in [-0.05, 0) is 51.8 Å². The van der Waals surface area contributed by atoms with Gasteiger partial charge in [-0.25, -0.2) is 0 Å². The first-order chi connectivity index (χ1) is 13.2. The molecule has 2 aromatic carbocycles. The van der Waals surface area contributed by atoms with Crippen LogP contribution in [0.15, 0.2) is 57.6 Å². The van der Waals surface area contributed by atoms with E-state index in [-0.39, 0.29) is 21.7 Å². The summed E-state index contributed by atoms with van der Waals surface area (Å²) in [5.41, 5.74) is -1.11. The maximum absolute atomic E-state index is 13.9. The number of halogens is 6. The average molecular weight is 535 g/mol. The predicted molar refractivity (Wildman–Crippen MR) is 107 cm³/mol. The Morgan fingerprint density at radius 3 is 2.50 bits per heavy atom. The topological polar surface area (TPSA) is 38.0 Å². The first-order valence-electron chi connectivity index (χ1n) is 7.75. The van der Waals surface area contributed by atoms with Crippen LogP contribution < -0.4 is 4.74 Å². The van der Waals surface area contributed by atoms with Crippen molar-refractivity contribution in [3.63, 3.8) is 0 Å². The van der Waals surface area contributed by atoms with Crippen LogP contribution in [0.4, 0.5) is 13.2 Å². The van der Waals surface area contributed by atoms with Gasteiger partial charge in [0.25, 0.3) is 0 Å². The second kappa shape index (κ2) is 8.19. The summed E-state index contributed by atoms with van der Waals surface area (Å²) in [6, 6.07) is 12.8. The molecule has 0 aliphatic rings. The first kappa shape index (κ1) is 20.8. The summed E-state index contributed by atoms with van der Waals surface area (Å²) in [6.45, 7) is -0.426. The van der Waals surface area contributed by atoms with Gasteiger partial charge < -0.3 is 9.30 Å². The van der Waals surface area contributed by atoms with Crippen molar-refractivity contribution in [1.82, 2.24) is 4.57 Å². The van der Waals surface area contributed by atoms with Gasteiger partial charge in [0.15, 0.2) is 6.73 Å². The SMILES string of the molecule is N#Cc1cn(COc2ccc(Br)cc2Br)c(C(F)(F)F)c1-c1cccc(Cl)c1. The zero-order valence-electron chi connectivity index (χ0n) is 13.9. The molecule has 0 aliphatic heterocycles. The molecule has 3 rings (SSSR count). The van der Waals surface area contributed by atoms with Crippen molar-refractivity contribution in [2.24, 2.45) is 0 Å². The number of hydrogen-bond acceptors (Lipinski definition) is 2. The number of ether oxygens (including phenoxy) is 1. The largest absolute Gasteiger partial charge is 0.472 e. The van der Waals surface area contributed by atoms with Crippen LogP contribution in [0.3, 0.4) is 0 Å². The van der Waals surface area contributed by atoms with Crippen LogP contribution in [-0.4, -0.2) is 4.57 Å². The molecule has 0 saturated carbocycles. The Kier molecular flexibility index (Phi) is 6.08. The molecule has 0 fully saturated rings. The lowest BCUT2D eigenvalue weighted by Crippen LogP contribution is -2.17. The second-order valence-corrected chi connectivity index (χ2v) is 7.91. The van der Waals surface area contributed by atoms with Crippen LogP contribution in [0.1, 0.15) is 11.3 Å². The zero-order valence-corrected chi connectivity index (χ0v) is 17.8. The minimum atomic E-state index is -4.70. The first-order valence-corrected chi connectivity index (χ1v) is 9.71. The van der Waals surface area contributed by atoms with E-state index in [1.165, 1.54) is 18.2 Å². The lowest BCUT2D eigenvalue weighted by atomic mass is 10.0. The fourth-order valence-electron chi connectivity index (χ4n) is 2.71. The number of hydrogen-bond donors (Lipinski definition) is 0. The highest BCUT2D eigenvalue weighted by molar-refractivity contribution is 9.11. The van der Waals surface area contributed by atoms with Crippen molar-refractivity contribution in [3.05, 3.63) is 73.9 Å². The molecule has 9 heteroatoms. The number of benzene rings is 2.